The molecule has 0 radical (unpaired) electrons. The number of non-ortho nitro benzene ring substituents is 1. The van der Waals surface area contributed by atoms with E-state index < -0.39 is 4.92 Å². The molecule has 0 saturated heterocycles. The number of nitro benzene ring substituents is 1. The number of H-pyrrole nitrogens is 1. The maximum absolute atomic E-state index is 10.8. The van der Waals surface area contributed by atoms with E-state index in [-0.39, 0.29) is 12.3 Å². The van der Waals surface area contributed by atoms with E-state index in [0.717, 1.165) is 0 Å². The molecule has 80 valence electrons. The minimum absolute atomic E-state index is 0.0477. The zero-order chi connectivity index (χ0) is 11.5. The first-order chi connectivity index (χ1) is 7.72. The molecule has 0 bridgehead atoms. The Hall–Kier alpha value is -2.39. The summed E-state index contributed by atoms with van der Waals surface area (Å²) >= 11 is 0. The predicted octanol–water partition coefficient (Wildman–Crippen LogP) is 0.815. The van der Waals surface area contributed by atoms with E-state index in [4.69, 9.17) is 5.11 Å². The third-order valence-corrected chi connectivity index (χ3v) is 2.05. The van der Waals surface area contributed by atoms with Crippen molar-refractivity contribution in [2.45, 2.75) is 0 Å². The SMILES string of the molecule is O=[N+]([O-])c1cc(C#CCO)cc2[nH]ncc12. The summed E-state index contributed by atoms with van der Waals surface area (Å²) in [6, 6.07) is 3.01. The number of aliphatic hydroxyl groups excluding tert-OH is 1. The van der Waals surface area contributed by atoms with Gasteiger partial charge in [0.2, 0.25) is 0 Å². The van der Waals surface area contributed by atoms with Crippen LogP contribution in [0.4, 0.5) is 5.69 Å². The number of nitrogens with zero attached hydrogens (tertiary/aromatic N) is 2. The second kappa shape index (κ2) is 4.00. The molecule has 0 spiro atoms. The Morgan fingerprint density at radius 1 is 1.56 bits per heavy atom. The Bertz CT molecular complexity index is 607. The molecule has 0 fully saturated rings. The lowest BCUT2D eigenvalue weighted by molar-refractivity contribution is -0.383. The van der Waals surface area contributed by atoms with Gasteiger partial charge in [-0.05, 0) is 6.07 Å². The largest absolute Gasteiger partial charge is 0.384 e. The molecule has 6 heteroatoms. The van der Waals surface area contributed by atoms with Crippen LogP contribution < -0.4 is 0 Å². The Morgan fingerprint density at radius 3 is 3.06 bits per heavy atom. The highest BCUT2D eigenvalue weighted by Gasteiger charge is 2.14. The van der Waals surface area contributed by atoms with Gasteiger partial charge in [-0.3, -0.25) is 15.2 Å². The van der Waals surface area contributed by atoms with E-state index in [1.807, 2.05) is 0 Å². The standard InChI is InChI=1S/C10H7N3O3/c14-3-1-2-7-4-9-8(6-11-12-9)10(5-7)13(15)16/h4-6,14H,3H2,(H,11,12). The molecule has 1 aromatic heterocycles. The molecule has 16 heavy (non-hydrogen) atoms. The summed E-state index contributed by atoms with van der Waals surface area (Å²) in [6.45, 7) is -0.283. The topological polar surface area (TPSA) is 92.0 Å². The molecule has 0 unspecified atom stereocenters. The smallest absolute Gasteiger partial charge is 0.281 e. The lowest BCUT2D eigenvalue weighted by Gasteiger charge is -1.95. The summed E-state index contributed by atoms with van der Waals surface area (Å²) in [5.74, 6) is 5.06. The van der Waals surface area contributed by atoms with Gasteiger partial charge < -0.3 is 5.11 Å². The van der Waals surface area contributed by atoms with Crippen LogP contribution in [0.1, 0.15) is 5.56 Å². The van der Waals surface area contributed by atoms with Gasteiger partial charge in [0.05, 0.1) is 22.0 Å². The van der Waals surface area contributed by atoms with Gasteiger partial charge >= 0.3 is 0 Å². The van der Waals surface area contributed by atoms with Crippen LogP contribution in [-0.2, 0) is 0 Å². The van der Waals surface area contributed by atoms with Gasteiger partial charge in [0.1, 0.15) is 6.61 Å². The van der Waals surface area contributed by atoms with Gasteiger partial charge in [0, 0.05) is 11.6 Å². The van der Waals surface area contributed by atoms with E-state index >= 15 is 0 Å². The third-order valence-electron chi connectivity index (χ3n) is 2.05. The molecule has 2 N–H and O–H groups in total. The number of aromatic nitrogens is 2. The van der Waals surface area contributed by atoms with Gasteiger partial charge in [0.15, 0.2) is 0 Å². The maximum atomic E-state index is 10.8. The fraction of sp³-hybridized carbons (Fsp3) is 0.100. The summed E-state index contributed by atoms with van der Waals surface area (Å²) in [6.07, 6.45) is 1.40. The fourth-order valence-electron chi connectivity index (χ4n) is 1.40. The summed E-state index contributed by atoms with van der Waals surface area (Å²) in [4.78, 5) is 10.3. The number of hydrogen-bond donors (Lipinski definition) is 2. The predicted molar refractivity (Wildman–Crippen MR) is 56.7 cm³/mol. The maximum Gasteiger partial charge on any atom is 0.281 e. The average Bonchev–Trinajstić information content (AvgIpc) is 2.72. The Morgan fingerprint density at radius 2 is 2.38 bits per heavy atom. The second-order valence-electron chi connectivity index (χ2n) is 3.04. The van der Waals surface area contributed by atoms with E-state index in [2.05, 4.69) is 22.0 Å². The number of aliphatic hydroxyl groups is 1. The zero-order valence-electron chi connectivity index (χ0n) is 8.10. The molecule has 0 saturated carbocycles. The van der Waals surface area contributed by atoms with Crippen LogP contribution in [0.15, 0.2) is 18.3 Å². The van der Waals surface area contributed by atoms with Crippen LogP contribution in [0.3, 0.4) is 0 Å². The summed E-state index contributed by atoms with van der Waals surface area (Å²) in [5, 5.41) is 26.2. The van der Waals surface area contributed by atoms with Crippen LogP contribution in [0.25, 0.3) is 10.9 Å². The highest BCUT2D eigenvalue weighted by Crippen LogP contribution is 2.25. The lowest BCUT2D eigenvalue weighted by atomic mass is 10.1. The van der Waals surface area contributed by atoms with Gasteiger partial charge in [-0.15, -0.1) is 0 Å². The van der Waals surface area contributed by atoms with Crippen molar-refractivity contribution in [3.8, 4) is 11.8 Å². The van der Waals surface area contributed by atoms with E-state index in [1.54, 1.807) is 6.07 Å². The first kappa shape index (κ1) is 10.1. The molecule has 0 aliphatic carbocycles. The number of nitrogens with one attached hydrogen (secondary N) is 1. The van der Waals surface area contributed by atoms with Crippen molar-refractivity contribution in [3.63, 3.8) is 0 Å². The van der Waals surface area contributed by atoms with Crippen molar-refractivity contribution >= 4 is 16.6 Å². The van der Waals surface area contributed by atoms with E-state index in [1.165, 1.54) is 12.3 Å². The molecule has 0 atom stereocenters. The Balaban J connectivity index is 2.66. The molecule has 2 aromatic rings. The van der Waals surface area contributed by atoms with Gasteiger partial charge in [-0.1, -0.05) is 11.8 Å². The second-order valence-corrected chi connectivity index (χ2v) is 3.04. The highest BCUT2D eigenvalue weighted by molar-refractivity contribution is 5.88. The normalized spacial score (nSPS) is 9.81. The molecule has 2 rings (SSSR count). The first-order valence-electron chi connectivity index (χ1n) is 4.43. The molecule has 0 aliphatic heterocycles. The van der Waals surface area contributed by atoms with Gasteiger partial charge in [0.25, 0.3) is 5.69 Å². The molecule has 1 aromatic carbocycles. The zero-order valence-corrected chi connectivity index (χ0v) is 8.10. The van der Waals surface area contributed by atoms with Crippen molar-refractivity contribution in [2.24, 2.45) is 0 Å². The average molecular weight is 217 g/mol. The lowest BCUT2D eigenvalue weighted by Crippen LogP contribution is -1.90. The fourth-order valence-corrected chi connectivity index (χ4v) is 1.40. The van der Waals surface area contributed by atoms with Crippen LogP contribution >= 0.6 is 0 Å². The van der Waals surface area contributed by atoms with Crippen molar-refractivity contribution in [1.82, 2.24) is 10.2 Å². The minimum atomic E-state index is -0.484. The van der Waals surface area contributed by atoms with Crippen LogP contribution in [0, 0.1) is 22.0 Å². The third kappa shape index (κ3) is 1.71. The number of nitro groups is 1. The first-order valence-corrected chi connectivity index (χ1v) is 4.43. The molecular weight excluding hydrogens is 210 g/mol. The number of aromatic amines is 1. The monoisotopic (exact) mass is 217 g/mol. The molecule has 0 amide bonds. The number of hydrogen-bond acceptors (Lipinski definition) is 4. The van der Waals surface area contributed by atoms with Crippen molar-refractivity contribution in [2.75, 3.05) is 6.61 Å². The van der Waals surface area contributed by atoms with Crippen molar-refractivity contribution in [1.29, 1.82) is 0 Å². The van der Waals surface area contributed by atoms with Gasteiger partial charge in [-0.2, -0.15) is 5.10 Å². The summed E-state index contributed by atoms with van der Waals surface area (Å²) in [7, 11) is 0. The van der Waals surface area contributed by atoms with Crippen molar-refractivity contribution in [3.05, 3.63) is 34.0 Å². The summed E-state index contributed by atoms with van der Waals surface area (Å²) in [5.41, 5.74) is 0.974. The summed E-state index contributed by atoms with van der Waals surface area (Å²) < 4.78 is 0. The number of fused-ring (bicyclic) bond motifs is 1. The number of benzene rings is 1. The highest BCUT2D eigenvalue weighted by atomic mass is 16.6. The van der Waals surface area contributed by atoms with Crippen molar-refractivity contribution < 1.29 is 10.0 Å². The molecule has 0 aliphatic rings. The van der Waals surface area contributed by atoms with Crippen LogP contribution in [-0.4, -0.2) is 26.8 Å². The molecule has 6 nitrogen and oxygen atoms in total. The van der Waals surface area contributed by atoms with Crippen LogP contribution in [0.5, 0.6) is 0 Å². The van der Waals surface area contributed by atoms with E-state index in [0.29, 0.717) is 16.5 Å². The van der Waals surface area contributed by atoms with Crippen LogP contribution in [0.2, 0.25) is 0 Å². The molecule has 1 heterocycles. The molecular formula is C10H7N3O3. The Labute approximate surface area is 90.1 Å². The minimum Gasteiger partial charge on any atom is -0.384 e. The quantitative estimate of drug-likeness (QED) is 0.420. The number of rotatable bonds is 1. The van der Waals surface area contributed by atoms with E-state index in [9.17, 15) is 10.1 Å². The Kier molecular flexibility index (Phi) is 2.54. The van der Waals surface area contributed by atoms with Gasteiger partial charge in [-0.25, -0.2) is 0 Å².